The van der Waals surface area contributed by atoms with E-state index in [1.54, 1.807) is 24.4 Å². The van der Waals surface area contributed by atoms with Crippen LogP contribution in [0.2, 0.25) is 0 Å². The molecular formula is C9H8N2O3. The van der Waals surface area contributed by atoms with E-state index in [2.05, 4.69) is 9.97 Å². The Balaban J connectivity index is 0.000000980. The lowest BCUT2D eigenvalue weighted by Gasteiger charge is -1.96. The molecule has 0 bridgehead atoms. The average molecular weight is 192 g/mol. The molecule has 0 aliphatic rings. The molecule has 14 heavy (non-hydrogen) atoms. The van der Waals surface area contributed by atoms with E-state index in [4.69, 9.17) is 5.11 Å². The summed E-state index contributed by atoms with van der Waals surface area (Å²) in [6.07, 6.45) is 2.92. The fourth-order valence-corrected chi connectivity index (χ4v) is 1.08. The van der Waals surface area contributed by atoms with E-state index in [1.807, 2.05) is 0 Å². The number of aromatic carboxylic acids is 1. The van der Waals surface area contributed by atoms with E-state index >= 15 is 0 Å². The maximum atomic E-state index is 10.6. The first-order chi connectivity index (χ1) is 6.27. The Labute approximate surface area is 79.4 Å². The predicted octanol–water partition coefficient (Wildman–Crippen LogP) is 0.503. The molecule has 72 valence electrons. The van der Waals surface area contributed by atoms with E-state index < -0.39 is 5.97 Å². The van der Waals surface area contributed by atoms with E-state index in [-0.39, 0.29) is 11.0 Å². The Kier molecular flexibility index (Phi) is 2.73. The highest BCUT2D eigenvalue weighted by Crippen LogP contribution is 2.09. The number of pyridine rings is 2. The van der Waals surface area contributed by atoms with Gasteiger partial charge < -0.3 is 10.6 Å². The molecule has 3 N–H and O–H groups in total. The number of carboxylic acid groups (broad SMARTS) is 1. The molecule has 5 heteroatoms. The van der Waals surface area contributed by atoms with Crippen LogP contribution >= 0.6 is 0 Å². The van der Waals surface area contributed by atoms with Crippen molar-refractivity contribution >= 4 is 17.0 Å². The lowest BCUT2D eigenvalue weighted by molar-refractivity contribution is 0.0696. The molecule has 0 atom stereocenters. The predicted molar refractivity (Wildman–Crippen MR) is 50.1 cm³/mol. The highest BCUT2D eigenvalue weighted by atomic mass is 16.4. The molecule has 0 unspecified atom stereocenters. The third-order valence-electron chi connectivity index (χ3n) is 1.70. The van der Waals surface area contributed by atoms with Crippen LogP contribution in [-0.4, -0.2) is 26.5 Å². The molecule has 0 spiro atoms. The molecule has 0 radical (unpaired) electrons. The largest absolute Gasteiger partial charge is 0.478 e. The molecule has 0 fully saturated rings. The summed E-state index contributed by atoms with van der Waals surface area (Å²) in [4.78, 5) is 18.5. The van der Waals surface area contributed by atoms with Crippen LogP contribution in [0.15, 0.2) is 30.6 Å². The molecule has 0 saturated carbocycles. The minimum Gasteiger partial charge on any atom is -0.478 e. The van der Waals surface area contributed by atoms with Crippen molar-refractivity contribution in [1.82, 2.24) is 9.97 Å². The first kappa shape index (κ1) is 10.1. The van der Waals surface area contributed by atoms with Crippen molar-refractivity contribution in [3.63, 3.8) is 0 Å². The first-order valence-electron chi connectivity index (χ1n) is 3.71. The van der Waals surface area contributed by atoms with Crippen LogP contribution in [-0.2, 0) is 0 Å². The van der Waals surface area contributed by atoms with Gasteiger partial charge in [-0.15, -0.1) is 0 Å². The monoisotopic (exact) mass is 192 g/mol. The third kappa shape index (κ3) is 1.67. The van der Waals surface area contributed by atoms with Gasteiger partial charge in [0.05, 0.1) is 5.56 Å². The Morgan fingerprint density at radius 2 is 2.14 bits per heavy atom. The van der Waals surface area contributed by atoms with Crippen LogP contribution in [0.1, 0.15) is 10.4 Å². The summed E-state index contributed by atoms with van der Waals surface area (Å²) in [6, 6.07) is 5.08. The fraction of sp³-hybridized carbons (Fsp3) is 0. The third-order valence-corrected chi connectivity index (χ3v) is 1.70. The number of aromatic nitrogens is 2. The summed E-state index contributed by atoms with van der Waals surface area (Å²) in [5, 5.41) is 9.42. The quantitative estimate of drug-likeness (QED) is 0.711. The van der Waals surface area contributed by atoms with Crippen molar-refractivity contribution in [2.45, 2.75) is 0 Å². The summed E-state index contributed by atoms with van der Waals surface area (Å²) in [6.45, 7) is 0. The SMILES string of the molecule is O.O=C(O)c1cnc2ncccc2c1. The van der Waals surface area contributed by atoms with Crippen molar-refractivity contribution < 1.29 is 15.4 Å². The molecule has 0 aromatic carbocycles. The van der Waals surface area contributed by atoms with Gasteiger partial charge in [-0.25, -0.2) is 14.8 Å². The maximum absolute atomic E-state index is 10.6. The first-order valence-corrected chi connectivity index (χ1v) is 3.71. The Bertz CT molecular complexity index is 470. The summed E-state index contributed by atoms with van der Waals surface area (Å²) >= 11 is 0. The minimum atomic E-state index is -0.974. The molecule has 2 aromatic heterocycles. The van der Waals surface area contributed by atoms with Crippen molar-refractivity contribution in [3.8, 4) is 0 Å². The van der Waals surface area contributed by atoms with Gasteiger partial charge in [0.25, 0.3) is 0 Å². The molecule has 2 rings (SSSR count). The van der Waals surface area contributed by atoms with Gasteiger partial charge in [0.2, 0.25) is 0 Å². The van der Waals surface area contributed by atoms with Gasteiger partial charge in [-0.3, -0.25) is 0 Å². The average Bonchev–Trinajstić information content (AvgIpc) is 2.17. The van der Waals surface area contributed by atoms with E-state index in [1.165, 1.54) is 6.20 Å². The van der Waals surface area contributed by atoms with Gasteiger partial charge in [-0.05, 0) is 18.2 Å². The lowest BCUT2D eigenvalue weighted by atomic mass is 10.2. The molecule has 0 amide bonds. The molecule has 0 aliphatic heterocycles. The molecule has 0 saturated heterocycles. The second-order valence-electron chi connectivity index (χ2n) is 2.58. The summed E-state index contributed by atoms with van der Waals surface area (Å²) in [7, 11) is 0. The maximum Gasteiger partial charge on any atom is 0.337 e. The molecule has 5 nitrogen and oxygen atoms in total. The van der Waals surface area contributed by atoms with Crippen LogP contribution in [0.4, 0.5) is 0 Å². The number of carbonyl (C=O) groups is 1. The van der Waals surface area contributed by atoms with Crippen molar-refractivity contribution in [2.75, 3.05) is 0 Å². The van der Waals surface area contributed by atoms with Crippen LogP contribution in [0.3, 0.4) is 0 Å². The zero-order valence-corrected chi connectivity index (χ0v) is 7.14. The lowest BCUT2D eigenvalue weighted by Crippen LogP contribution is -1.97. The molecule has 2 heterocycles. The van der Waals surface area contributed by atoms with Crippen molar-refractivity contribution in [2.24, 2.45) is 0 Å². The van der Waals surface area contributed by atoms with Crippen LogP contribution in [0.5, 0.6) is 0 Å². The normalized spacial score (nSPS) is 9.43. The van der Waals surface area contributed by atoms with E-state index in [9.17, 15) is 4.79 Å². The Hall–Kier alpha value is -2.01. The number of carboxylic acids is 1. The van der Waals surface area contributed by atoms with Crippen LogP contribution < -0.4 is 0 Å². The summed E-state index contributed by atoms with van der Waals surface area (Å²) in [5.41, 5.74) is 0.744. The highest BCUT2D eigenvalue weighted by molar-refractivity contribution is 5.91. The number of rotatable bonds is 1. The molecule has 2 aromatic rings. The fourth-order valence-electron chi connectivity index (χ4n) is 1.08. The van der Waals surface area contributed by atoms with Gasteiger partial charge in [-0.1, -0.05) is 0 Å². The number of hydrogen-bond donors (Lipinski definition) is 1. The zero-order valence-electron chi connectivity index (χ0n) is 7.14. The number of nitrogens with zero attached hydrogens (tertiary/aromatic N) is 2. The standard InChI is InChI=1S/C9H6N2O2.H2O/c12-9(13)7-4-6-2-1-3-10-8(6)11-5-7;/h1-5H,(H,12,13);1H2. The molecule has 0 aliphatic carbocycles. The van der Waals surface area contributed by atoms with Gasteiger partial charge >= 0.3 is 5.97 Å². The Morgan fingerprint density at radius 1 is 1.36 bits per heavy atom. The zero-order chi connectivity index (χ0) is 9.26. The van der Waals surface area contributed by atoms with Crippen molar-refractivity contribution in [1.29, 1.82) is 0 Å². The topological polar surface area (TPSA) is 94.6 Å². The minimum absolute atomic E-state index is 0. The number of hydrogen-bond acceptors (Lipinski definition) is 3. The smallest absolute Gasteiger partial charge is 0.337 e. The van der Waals surface area contributed by atoms with Gasteiger partial charge in [-0.2, -0.15) is 0 Å². The molecular weight excluding hydrogens is 184 g/mol. The van der Waals surface area contributed by atoms with E-state index in [0.29, 0.717) is 5.65 Å². The summed E-state index contributed by atoms with van der Waals surface area (Å²) in [5.74, 6) is -0.974. The second kappa shape index (κ2) is 3.80. The Morgan fingerprint density at radius 3 is 2.86 bits per heavy atom. The van der Waals surface area contributed by atoms with Gasteiger partial charge in [0.15, 0.2) is 5.65 Å². The number of fused-ring (bicyclic) bond motifs is 1. The van der Waals surface area contributed by atoms with Crippen LogP contribution in [0, 0.1) is 0 Å². The second-order valence-corrected chi connectivity index (χ2v) is 2.58. The van der Waals surface area contributed by atoms with Gasteiger partial charge in [0.1, 0.15) is 0 Å². The van der Waals surface area contributed by atoms with E-state index in [0.717, 1.165) is 5.39 Å². The highest BCUT2D eigenvalue weighted by Gasteiger charge is 2.03. The summed E-state index contributed by atoms with van der Waals surface area (Å²) < 4.78 is 0. The van der Waals surface area contributed by atoms with Crippen molar-refractivity contribution in [3.05, 3.63) is 36.2 Å². The van der Waals surface area contributed by atoms with Crippen LogP contribution in [0.25, 0.3) is 11.0 Å². The van der Waals surface area contributed by atoms with Gasteiger partial charge in [0, 0.05) is 17.8 Å².